The second-order valence-electron chi connectivity index (χ2n) is 6.73. The van der Waals surface area contributed by atoms with Crippen LogP contribution in [-0.4, -0.2) is 37.6 Å². The third-order valence-corrected chi connectivity index (χ3v) is 4.49. The molecule has 1 aliphatic heterocycles. The van der Waals surface area contributed by atoms with Crippen molar-refractivity contribution >= 4 is 6.41 Å². The number of hydrogen-bond donors (Lipinski definition) is 4. The molecule has 1 aromatic heterocycles. The molecule has 1 unspecified atom stereocenters. The SMILES string of the molecule is CC.CN/C=C\N.Cc1ncc(-c2ccccc2C2CC2)o1.O=CNC1CCNC1. The van der Waals surface area contributed by atoms with E-state index in [2.05, 4.69) is 45.2 Å². The molecule has 4 rings (SSSR count). The van der Waals surface area contributed by atoms with Crippen LogP contribution < -0.4 is 21.7 Å². The van der Waals surface area contributed by atoms with Gasteiger partial charge in [0.15, 0.2) is 11.7 Å². The van der Waals surface area contributed by atoms with Crippen LogP contribution in [0, 0.1) is 6.92 Å². The monoisotopic (exact) mass is 415 g/mol. The summed E-state index contributed by atoms with van der Waals surface area (Å²) in [4.78, 5) is 14.0. The maximum absolute atomic E-state index is 9.82. The molecule has 7 nitrogen and oxygen atoms in total. The van der Waals surface area contributed by atoms with Crippen molar-refractivity contribution in [1.82, 2.24) is 20.9 Å². The summed E-state index contributed by atoms with van der Waals surface area (Å²) < 4.78 is 5.58. The van der Waals surface area contributed by atoms with Crippen LogP contribution in [0.15, 0.2) is 47.3 Å². The van der Waals surface area contributed by atoms with Crippen molar-refractivity contribution in [3.05, 3.63) is 54.3 Å². The van der Waals surface area contributed by atoms with Gasteiger partial charge in [-0.15, -0.1) is 0 Å². The van der Waals surface area contributed by atoms with Gasteiger partial charge < -0.3 is 26.1 Å². The van der Waals surface area contributed by atoms with Crippen molar-refractivity contribution < 1.29 is 9.21 Å². The van der Waals surface area contributed by atoms with Crippen LogP contribution in [0.2, 0.25) is 0 Å². The van der Waals surface area contributed by atoms with Crippen molar-refractivity contribution in [2.45, 2.75) is 52.0 Å². The Morgan fingerprint density at radius 1 is 1.23 bits per heavy atom. The van der Waals surface area contributed by atoms with Gasteiger partial charge in [0, 0.05) is 44.5 Å². The summed E-state index contributed by atoms with van der Waals surface area (Å²) in [5, 5.41) is 8.55. The number of amides is 1. The molecule has 2 fully saturated rings. The van der Waals surface area contributed by atoms with Crippen molar-refractivity contribution in [1.29, 1.82) is 0 Å². The number of nitrogens with one attached hydrogen (secondary N) is 3. The third kappa shape index (κ3) is 9.13. The topological polar surface area (TPSA) is 105 Å². The molecular formula is C23H37N5O2. The average Bonchev–Trinajstić information content (AvgIpc) is 3.33. The minimum absolute atomic E-state index is 0.382. The van der Waals surface area contributed by atoms with Crippen LogP contribution in [-0.2, 0) is 4.79 Å². The molecule has 30 heavy (non-hydrogen) atoms. The van der Waals surface area contributed by atoms with Crippen LogP contribution in [0.1, 0.15) is 50.5 Å². The molecule has 1 aromatic carbocycles. The van der Waals surface area contributed by atoms with Crippen LogP contribution in [0.25, 0.3) is 11.3 Å². The number of rotatable bonds is 5. The Labute approximate surface area is 180 Å². The second kappa shape index (κ2) is 15.1. The van der Waals surface area contributed by atoms with Gasteiger partial charge in [0.05, 0.1) is 6.20 Å². The first-order valence-corrected chi connectivity index (χ1v) is 10.7. The predicted octanol–water partition coefficient (Wildman–Crippen LogP) is 3.28. The zero-order chi connectivity index (χ0) is 22.2. The number of benzene rings is 1. The zero-order valence-corrected chi connectivity index (χ0v) is 18.7. The first-order chi connectivity index (χ1) is 14.7. The summed E-state index contributed by atoms with van der Waals surface area (Å²) in [6.07, 6.45) is 9.36. The lowest BCUT2D eigenvalue weighted by Gasteiger charge is -2.04. The maximum atomic E-state index is 9.82. The van der Waals surface area contributed by atoms with Crippen molar-refractivity contribution in [3.63, 3.8) is 0 Å². The molecular weight excluding hydrogens is 378 g/mol. The van der Waals surface area contributed by atoms with E-state index in [4.69, 9.17) is 10.2 Å². The van der Waals surface area contributed by atoms with E-state index in [-0.39, 0.29) is 0 Å². The largest absolute Gasteiger partial charge is 0.441 e. The minimum atomic E-state index is 0.382. The van der Waals surface area contributed by atoms with Gasteiger partial charge in [-0.3, -0.25) is 4.79 Å². The molecule has 0 radical (unpaired) electrons. The fourth-order valence-electron chi connectivity index (χ4n) is 2.95. The Bertz CT molecular complexity index is 735. The minimum Gasteiger partial charge on any atom is -0.441 e. The molecule has 1 saturated carbocycles. The lowest BCUT2D eigenvalue weighted by Crippen LogP contribution is -2.29. The van der Waals surface area contributed by atoms with Gasteiger partial charge >= 0.3 is 0 Å². The second-order valence-corrected chi connectivity index (χ2v) is 6.73. The molecule has 0 bridgehead atoms. The number of oxazole rings is 1. The summed E-state index contributed by atoms with van der Waals surface area (Å²) in [5.41, 5.74) is 7.52. The van der Waals surface area contributed by atoms with E-state index in [1.807, 2.05) is 27.0 Å². The molecule has 1 amide bonds. The molecule has 166 valence electrons. The average molecular weight is 416 g/mol. The van der Waals surface area contributed by atoms with E-state index in [0.717, 1.165) is 43.5 Å². The molecule has 1 saturated heterocycles. The van der Waals surface area contributed by atoms with Gasteiger partial charge in [0.1, 0.15) is 0 Å². The predicted molar refractivity (Wildman–Crippen MR) is 123 cm³/mol. The Kier molecular flexibility index (Phi) is 12.7. The number of nitrogens with zero attached hydrogens (tertiary/aromatic N) is 1. The molecule has 1 aliphatic carbocycles. The first kappa shape index (κ1) is 25.2. The highest BCUT2D eigenvalue weighted by Gasteiger charge is 2.26. The smallest absolute Gasteiger partial charge is 0.207 e. The van der Waals surface area contributed by atoms with Crippen LogP contribution in [0.3, 0.4) is 0 Å². The van der Waals surface area contributed by atoms with Gasteiger partial charge in [-0.2, -0.15) is 0 Å². The number of aryl methyl sites for hydroxylation is 1. The normalized spacial score (nSPS) is 16.9. The molecule has 0 spiro atoms. The Morgan fingerprint density at radius 3 is 2.43 bits per heavy atom. The van der Waals surface area contributed by atoms with Crippen LogP contribution >= 0.6 is 0 Å². The van der Waals surface area contributed by atoms with E-state index < -0.39 is 0 Å². The highest BCUT2D eigenvalue weighted by molar-refractivity contribution is 5.63. The van der Waals surface area contributed by atoms with Crippen molar-refractivity contribution in [3.8, 4) is 11.3 Å². The first-order valence-electron chi connectivity index (χ1n) is 10.7. The Hall–Kier alpha value is -2.80. The van der Waals surface area contributed by atoms with E-state index in [0.29, 0.717) is 6.04 Å². The molecule has 2 heterocycles. The molecule has 5 N–H and O–H groups in total. The van der Waals surface area contributed by atoms with Gasteiger partial charge in [0.2, 0.25) is 6.41 Å². The number of carbonyl (C=O) groups excluding carboxylic acids is 1. The van der Waals surface area contributed by atoms with E-state index in [9.17, 15) is 4.79 Å². The highest BCUT2D eigenvalue weighted by Crippen LogP contribution is 2.44. The summed E-state index contributed by atoms with van der Waals surface area (Å²) in [5.74, 6) is 2.37. The molecule has 2 aliphatic rings. The van der Waals surface area contributed by atoms with E-state index >= 15 is 0 Å². The molecule has 1 atom stereocenters. The summed E-state index contributed by atoms with van der Waals surface area (Å²) in [6.45, 7) is 7.84. The number of hydrogen-bond acceptors (Lipinski definition) is 6. The maximum Gasteiger partial charge on any atom is 0.207 e. The zero-order valence-electron chi connectivity index (χ0n) is 18.7. The van der Waals surface area contributed by atoms with E-state index in [1.54, 1.807) is 13.2 Å². The Morgan fingerprint density at radius 2 is 1.97 bits per heavy atom. The summed E-state index contributed by atoms with van der Waals surface area (Å²) >= 11 is 0. The fraction of sp³-hybridized carbons (Fsp3) is 0.478. The summed E-state index contributed by atoms with van der Waals surface area (Å²) in [7, 11) is 1.80. The quantitative estimate of drug-likeness (QED) is 0.559. The van der Waals surface area contributed by atoms with E-state index in [1.165, 1.54) is 30.2 Å². The van der Waals surface area contributed by atoms with Gasteiger partial charge in [-0.1, -0.05) is 38.1 Å². The number of nitrogens with two attached hydrogens (primary N) is 1. The molecule has 2 aromatic rings. The van der Waals surface area contributed by atoms with Gasteiger partial charge in [0.25, 0.3) is 0 Å². The number of aromatic nitrogens is 1. The fourth-order valence-corrected chi connectivity index (χ4v) is 2.95. The standard InChI is InChI=1S/C13H13NO.C5H10N2O.C3H8N2.C2H6/c1-9-14-8-13(15-9)12-5-3-2-4-11(12)10-6-7-10;8-4-7-5-1-2-6-3-5;1-5-3-2-4;1-2/h2-5,8,10H,6-7H2,1H3;4-6H,1-3H2,(H,7,8);2-3,5H,4H2,1H3;1-2H3/b;;3-2-;. The van der Waals surface area contributed by atoms with Gasteiger partial charge in [-0.05, 0) is 37.3 Å². The van der Waals surface area contributed by atoms with Gasteiger partial charge in [-0.25, -0.2) is 4.98 Å². The summed E-state index contributed by atoms with van der Waals surface area (Å²) in [6, 6.07) is 8.85. The van der Waals surface area contributed by atoms with Crippen LogP contribution in [0.4, 0.5) is 0 Å². The van der Waals surface area contributed by atoms with Crippen molar-refractivity contribution in [2.75, 3.05) is 20.1 Å². The Balaban J connectivity index is 0.000000254. The van der Waals surface area contributed by atoms with Crippen LogP contribution in [0.5, 0.6) is 0 Å². The molecule has 7 heteroatoms. The lowest BCUT2D eigenvalue weighted by atomic mass is 10.0. The third-order valence-electron chi connectivity index (χ3n) is 4.49. The van der Waals surface area contributed by atoms with Crippen molar-refractivity contribution in [2.24, 2.45) is 5.73 Å². The number of carbonyl (C=O) groups is 1. The highest BCUT2D eigenvalue weighted by atomic mass is 16.4. The lowest BCUT2D eigenvalue weighted by molar-refractivity contribution is -0.110.